The minimum absolute atomic E-state index is 0.0774. The molecular formula is C31H29N5O. The van der Waals surface area contributed by atoms with Gasteiger partial charge in [-0.3, -0.25) is 0 Å². The molecule has 5 aromatic rings. The summed E-state index contributed by atoms with van der Waals surface area (Å²) in [5.74, 6) is 2.98. The van der Waals surface area contributed by atoms with E-state index in [0.29, 0.717) is 12.5 Å². The summed E-state index contributed by atoms with van der Waals surface area (Å²) in [6.45, 7) is 0.416. The molecule has 0 saturated heterocycles. The Balaban J connectivity index is 1.32. The Labute approximate surface area is 216 Å². The standard InChI is InChI=1S/C31H29N5O/c1-36-30(33-34-35-36)27-16-15-26(37-20-25-14-12-22-7-5-6-10-29(22)32-25)18-28(27)31(23-8-3-2-4-9-23)19-21-11-13-24(31)17-21/h2-10,12,14-16,18,21,24H,11,13,17,19-20H2,1H3. The van der Waals surface area contributed by atoms with Gasteiger partial charge in [0.1, 0.15) is 12.4 Å². The second kappa shape index (κ2) is 8.80. The molecule has 2 aromatic heterocycles. The average molecular weight is 488 g/mol. The Morgan fingerprint density at radius 3 is 2.59 bits per heavy atom. The van der Waals surface area contributed by atoms with Gasteiger partial charge in [0.25, 0.3) is 0 Å². The van der Waals surface area contributed by atoms with Gasteiger partial charge in [0.05, 0.1) is 11.2 Å². The number of aryl methyl sites for hydroxylation is 1. The van der Waals surface area contributed by atoms with E-state index in [-0.39, 0.29) is 5.41 Å². The number of benzene rings is 3. The second-order valence-corrected chi connectivity index (χ2v) is 10.5. The Morgan fingerprint density at radius 2 is 1.81 bits per heavy atom. The predicted octanol–water partition coefficient (Wildman–Crippen LogP) is 6.11. The van der Waals surface area contributed by atoms with E-state index in [0.717, 1.165) is 46.1 Å². The number of hydrogen-bond donors (Lipinski definition) is 0. The van der Waals surface area contributed by atoms with Crippen molar-refractivity contribution >= 4 is 10.9 Å². The lowest BCUT2D eigenvalue weighted by Gasteiger charge is -2.40. The van der Waals surface area contributed by atoms with Crippen LogP contribution in [0.5, 0.6) is 5.75 Å². The zero-order valence-corrected chi connectivity index (χ0v) is 20.9. The molecule has 7 rings (SSSR count). The number of ether oxygens (including phenoxy) is 1. The van der Waals surface area contributed by atoms with E-state index in [1.807, 2.05) is 37.4 Å². The molecule has 0 amide bonds. The van der Waals surface area contributed by atoms with Crippen LogP contribution in [0.15, 0.2) is 84.9 Å². The first-order valence-electron chi connectivity index (χ1n) is 13.1. The lowest BCUT2D eigenvalue weighted by atomic mass is 9.63. The summed E-state index contributed by atoms with van der Waals surface area (Å²) in [7, 11) is 1.91. The highest BCUT2D eigenvalue weighted by Crippen LogP contribution is 2.61. The number of pyridine rings is 1. The number of aromatic nitrogens is 5. The number of hydrogen-bond acceptors (Lipinski definition) is 5. The molecule has 6 nitrogen and oxygen atoms in total. The fraction of sp³-hybridized carbons (Fsp3) is 0.290. The van der Waals surface area contributed by atoms with Crippen LogP contribution < -0.4 is 4.74 Å². The van der Waals surface area contributed by atoms with Crippen molar-refractivity contribution in [3.63, 3.8) is 0 Å². The number of fused-ring (bicyclic) bond motifs is 3. The van der Waals surface area contributed by atoms with Crippen LogP contribution in [0.25, 0.3) is 22.3 Å². The van der Waals surface area contributed by atoms with Gasteiger partial charge in [-0.05, 0) is 83.0 Å². The van der Waals surface area contributed by atoms with Crippen LogP contribution in [0.1, 0.15) is 42.5 Å². The van der Waals surface area contributed by atoms with Crippen molar-refractivity contribution in [3.8, 4) is 17.1 Å². The molecule has 3 unspecified atom stereocenters. The molecule has 0 aliphatic heterocycles. The molecule has 2 heterocycles. The van der Waals surface area contributed by atoms with Crippen LogP contribution in [0, 0.1) is 11.8 Å². The predicted molar refractivity (Wildman–Crippen MR) is 143 cm³/mol. The van der Waals surface area contributed by atoms with E-state index >= 15 is 0 Å². The SMILES string of the molecule is Cn1nnnc1-c1ccc(OCc2ccc3ccccc3n2)cc1C1(c2ccccc2)CC2CCC1C2. The summed E-state index contributed by atoms with van der Waals surface area (Å²) < 4.78 is 8.15. The molecule has 184 valence electrons. The van der Waals surface area contributed by atoms with E-state index in [9.17, 15) is 0 Å². The monoisotopic (exact) mass is 487 g/mol. The molecule has 3 atom stereocenters. The molecule has 6 heteroatoms. The summed E-state index contributed by atoms with van der Waals surface area (Å²) in [6, 6.07) is 29.8. The van der Waals surface area contributed by atoms with E-state index in [4.69, 9.17) is 9.72 Å². The quantitative estimate of drug-likeness (QED) is 0.289. The summed E-state index contributed by atoms with van der Waals surface area (Å²) >= 11 is 0. The fourth-order valence-electron chi connectivity index (χ4n) is 6.89. The Kier molecular flexibility index (Phi) is 5.27. The van der Waals surface area contributed by atoms with Gasteiger partial charge < -0.3 is 4.74 Å². The third-order valence-electron chi connectivity index (χ3n) is 8.51. The van der Waals surface area contributed by atoms with Crippen LogP contribution in [0.3, 0.4) is 0 Å². The van der Waals surface area contributed by atoms with Gasteiger partial charge in [0.15, 0.2) is 5.82 Å². The molecule has 0 N–H and O–H groups in total. The number of nitrogens with zero attached hydrogens (tertiary/aromatic N) is 5. The van der Waals surface area contributed by atoms with Crippen LogP contribution in [0.4, 0.5) is 0 Å². The molecule has 2 fully saturated rings. The number of para-hydroxylation sites is 1. The maximum atomic E-state index is 6.38. The van der Waals surface area contributed by atoms with Crippen molar-refractivity contribution in [1.29, 1.82) is 0 Å². The lowest BCUT2D eigenvalue weighted by Crippen LogP contribution is -2.34. The van der Waals surface area contributed by atoms with Crippen molar-refractivity contribution in [2.75, 3.05) is 0 Å². The molecule has 2 aliphatic carbocycles. The van der Waals surface area contributed by atoms with Gasteiger partial charge in [0.2, 0.25) is 0 Å². The zero-order valence-electron chi connectivity index (χ0n) is 20.9. The van der Waals surface area contributed by atoms with Gasteiger partial charge in [-0.1, -0.05) is 61.0 Å². The topological polar surface area (TPSA) is 65.7 Å². The minimum atomic E-state index is -0.0774. The molecular weight excluding hydrogens is 458 g/mol. The molecule has 0 spiro atoms. The molecule has 2 saturated carbocycles. The smallest absolute Gasteiger partial charge is 0.182 e. The first kappa shape index (κ1) is 22.2. The summed E-state index contributed by atoms with van der Waals surface area (Å²) in [4.78, 5) is 4.80. The van der Waals surface area contributed by atoms with E-state index in [1.54, 1.807) is 4.68 Å². The molecule has 2 aliphatic rings. The first-order valence-corrected chi connectivity index (χ1v) is 13.1. The summed E-state index contributed by atoms with van der Waals surface area (Å²) in [5.41, 5.74) is 5.56. The van der Waals surface area contributed by atoms with Crippen LogP contribution in [0.2, 0.25) is 0 Å². The van der Waals surface area contributed by atoms with Crippen molar-refractivity contribution in [1.82, 2.24) is 25.2 Å². The molecule has 0 radical (unpaired) electrons. The van der Waals surface area contributed by atoms with Crippen LogP contribution in [-0.2, 0) is 19.1 Å². The molecule has 37 heavy (non-hydrogen) atoms. The highest BCUT2D eigenvalue weighted by atomic mass is 16.5. The zero-order chi connectivity index (χ0) is 24.8. The summed E-state index contributed by atoms with van der Waals surface area (Å²) in [6.07, 6.45) is 5.00. The summed E-state index contributed by atoms with van der Waals surface area (Å²) in [5, 5.41) is 13.6. The Morgan fingerprint density at radius 1 is 0.946 bits per heavy atom. The third kappa shape index (κ3) is 3.70. The second-order valence-electron chi connectivity index (χ2n) is 10.5. The lowest BCUT2D eigenvalue weighted by molar-refractivity contribution is 0.296. The van der Waals surface area contributed by atoms with Gasteiger partial charge in [-0.2, -0.15) is 0 Å². The molecule has 2 bridgehead atoms. The van der Waals surface area contributed by atoms with Crippen molar-refractivity contribution in [2.24, 2.45) is 18.9 Å². The highest BCUT2D eigenvalue weighted by molar-refractivity contribution is 5.78. The maximum absolute atomic E-state index is 6.38. The highest BCUT2D eigenvalue weighted by Gasteiger charge is 2.53. The maximum Gasteiger partial charge on any atom is 0.182 e. The van der Waals surface area contributed by atoms with E-state index < -0.39 is 0 Å². The normalized spacial score (nSPS) is 22.5. The van der Waals surface area contributed by atoms with Crippen molar-refractivity contribution < 1.29 is 4.74 Å². The first-order chi connectivity index (χ1) is 18.2. The third-order valence-corrected chi connectivity index (χ3v) is 8.51. The van der Waals surface area contributed by atoms with Gasteiger partial charge in [0, 0.05) is 23.4 Å². The minimum Gasteiger partial charge on any atom is -0.487 e. The van der Waals surface area contributed by atoms with Gasteiger partial charge >= 0.3 is 0 Å². The van der Waals surface area contributed by atoms with E-state index in [1.165, 1.54) is 30.4 Å². The van der Waals surface area contributed by atoms with Crippen molar-refractivity contribution in [2.45, 2.75) is 37.7 Å². The Bertz CT molecular complexity index is 1580. The number of tetrazole rings is 1. The number of rotatable bonds is 6. The van der Waals surface area contributed by atoms with Crippen LogP contribution in [-0.4, -0.2) is 25.2 Å². The van der Waals surface area contributed by atoms with Gasteiger partial charge in [-0.15, -0.1) is 5.10 Å². The average Bonchev–Trinajstić information content (AvgIpc) is 3.69. The molecule has 3 aromatic carbocycles. The van der Waals surface area contributed by atoms with Crippen LogP contribution >= 0.6 is 0 Å². The van der Waals surface area contributed by atoms with Crippen molar-refractivity contribution in [3.05, 3.63) is 102 Å². The van der Waals surface area contributed by atoms with E-state index in [2.05, 4.69) is 70.1 Å². The van der Waals surface area contributed by atoms with Gasteiger partial charge in [-0.25, -0.2) is 9.67 Å². The fourth-order valence-corrected chi connectivity index (χ4v) is 6.89. The Hall–Kier alpha value is -4.06. The largest absolute Gasteiger partial charge is 0.487 e.